The van der Waals surface area contributed by atoms with Crippen LogP contribution >= 0.6 is 0 Å². The lowest BCUT2D eigenvalue weighted by molar-refractivity contribution is 1.64. The van der Waals surface area contributed by atoms with Gasteiger partial charge in [0.05, 0.1) is 0 Å². The fourth-order valence-electron chi connectivity index (χ4n) is 8.74. The third-order valence-electron chi connectivity index (χ3n) is 10.9. The van der Waals surface area contributed by atoms with Crippen LogP contribution in [0.25, 0.3) is 108 Å². The standard InChI is InChI=1S/C50H30/c1-3-16-38-31(11-1)25-26-45-46(38)29-34-12-2-4-17-39(34)48(45)35-15-9-14-33(27-35)37-28-36-24-23-32-13-10-22-44-42-20-7-5-18-40(42)41-19-6-8-21-43(41)47(30-37)50(36)49(32)44/h1-30H. The largest absolute Gasteiger partial charge is 0.0616 e. The Morgan fingerprint density at radius 1 is 0.200 bits per heavy atom. The lowest BCUT2D eigenvalue weighted by Gasteiger charge is -2.16. The molecule has 11 rings (SSSR count). The Labute approximate surface area is 289 Å². The van der Waals surface area contributed by atoms with Crippen LogP contribution in [-0.4, -0.2) is 0 Å². The van der Waals surface area contributed by atoms with E-state index in [2.05, 4.69) is 182 Å². The summed E-state index contributed by atoms with van der Waals surface area (Å²) < 4.78 is 0. The van der Waals surface area contributed by atoms with E-state index in [9.17, 15) is 0 Å². The van der Waals surface area contributed by atoms with Crippen LogP contribution in [0.2, 0.25) is 0 Å². The van der Waals surface area contributed by atoms with Crippen LogP contribution < -0.4 is 0 Å². The van der Waals surface area contributed by atoms with Gasteiger partial charge < -0.3 is 0 Å². The van der Waals surface area contributed by atoms with Gasteiger partial charge in [0.2, 0.25) is 0 Å². The van der Waals surface area contributed by atoms with Gasteiger partial charge in [0.15, 0.2) is 0 Å². The van der Waals surface area contributed by atoms with Gasteiger partial charge in [-0.1, -0.05) is 158 Å². The number of rotatable bonds is 2. The molecule has 0 radical (unpaired) electrons. The molecule has 0 spiro atoms. The first-order valence-electron chi connectivity index (χ1n) is 17.4. The molecule has 11 aromatic carbocycles. The molecule has 0 saturated carbocycles. The second-order valence-electron chi connectivity index (χ2n) is 13.6. The number of benzene rings is 10. The first-order valence-corrected chi connectivity index (χ1v) is 17.4. The number of fused-ring (bicyclic) bond motifs is 9. The molecule has 0 N–H and O–H groups in total. The van der Waals surface area contributed by atoms with Gasteiger partial charge in [0, 0.05) is 0 Å². The van der Waals surface area contributed by atoms with E-state index in [-0.39, 0.29) is 0 Å². The molecule has 230 valence electrons. The van der Waals surface area contributed by atoms with Crippen LogP contribution in [0.15, 0.2) is 182 Å². The highest BCUT2D eigenvalue weighted by Crippen LogP contribution is 2.44. The molecule has 0 saturated heterocycles. The van der Waals surface area contributed by atoms with Crippen molar-refractivity contribution < 1.29 is 0 Å². The Morgan fingerprint density at radius 2 is 0.740 bits per heavy atom. The first-order chi connectivity index (χ1) is 24.8. The molecule has 0 aliphatic carbocycles. The highest BCUT2D eigenvalue weighted by Gasteiger charge is 2.16. The molecule has 0 fully saturated rings. The van der Waals surface area contributed by atoms with Crippen LogP contribution in [0.3, 0.4) is 0 Å². The van der Waals surface area contributed by atoms with Crippen molar-refractivity contribution in [1.82, 2.24) is 0 Å². The molecular weight excluding hydrogens is 601 g/mol. The van der Waals surface area contributed by atoms with E-state index in [0.29, 0.717) is 0 Å². The van der Waals surface area contributed by atoms with Gasteiger partial charge in [-0.15, -0.1) is 0 Å². The minimum atomic E-state index is 1.22. The van der Waals surface area contributed by atoms with Crippen LogP contribution in [-0.2, 0) is 0 Å². The summed E-state index contributed by atoms with van der Waals surface area (Å²) in [6.45, 7) is 0. The van der Waals surface area contributed by atoms with Crippen LogP contribution in [0.1, 0.15) is 0 Å². The summed E-state index contributed by atoms with van der Waals surface area (Å²) in [7, 11) is 0. The molecule has 11 aromatic rings. The molecule has 0 heterocycles. The highest BCUT2D eigenvalue weighted by molar-refractivity contribution is 6.33. The zero-order valence-electron chi connectivity index (χ0n) is 27.3. The van der Waals surface area contributed by atoms with Gasteiger partial charge in [-0.2, -0.15) is 0 Å². The number of hydrogen-bond donors (Lipinski definition) is 0. The van der Waals surface area contributed by atoms with E-state index >= 15 is 0 Å². The topological polar surface area (TPSA) is 0 Å². The normalized spacial score (nSPS) is 12.0. The quantitative estimate of drug-likeness (QED) is 0.132. The van der Waals surface area contributed by atoms with Gasteiger partial charge in [0.1, 0.15) is 0 Å². The Balaban J connectivity index is 1.24. The SMILES string of the molecule is c1cc(-c2cc3ccc4cccc5c6ccccc6c6ccccc6c(c2)c3c45)cc(-c2c3ccccc3cc3c2ccc2ccccc23)c1. The van der Waals surface area contributed by atoms with Crippen molar-refractivity contribution in [2.45, 2.75) is 0 Å². The van der Waals surface area contributed by atoms with E-state index in [0.717, 1.165) is 0 Å². The fourth-order valence-corrected chi connectivity index (χ4v) is 8.74. The molecule has 50 heavy (non-hydrogen) atoms. The second kappa shape index (κ2) is 10.5. The van der Waals surface area contributed by atoms with Crippen LogP contribution in [0.4, 0.5) is 0 Å². The molecule has 0 bridgehead atoms. The van der Waals surface area contributed by atoms with Gasteiger partial charge in [-0.3, -0.25) is 0 Å². The van der Waals surface area contributed by atoms with Gasteiger partial charge >= 0.3 is 0 Å². The maximum absolute atomic E-state index is 2.44. The van der Waals surface area contributed by atoms with E-state index in [1.807, 2.05) is 0 Å². The summed E-state index contributed by atoms with van der Waals surface area (Å²) in [4.78, 5) is 0. The molecular formula is C50H30. The summed E-state index contributed by atoms with van der Waals surface area (Å²) in [6, 6.07) is 67.8. The zero-order chi connectivity index (χ0) is 32.8. The smallest absolute Gasteiger partial charge is 0.00199 e. The Kier molecular flexibility index (Phi) is 5.76. The van der Waals surface area contributed by atoms with E-state index in [1.165, 1.54) is 108 Å². The molecule has 0 aliphatic heterocycles. The lowest BCUT2D eigenvalue weighted by Crippen LogP contribution is -1.89. The summed E-state index contributed by atoms with van der Waals surface area (Å²) in [5.74, 6) is 0. The maximum atomic E-state index is 2.44. The van der Waals surface area contributed by atoms with Crippen LogP contribution in [0.5, 0.6) is 0 Å². The van der Waals surface area contributed by atoms with Crippen LogP contribution in [0, 0.1) is 0 Å². The van der Waals surface area contributed by atoms with Crippen molar-refractivity contribution in [1.29, 1.82) is 0 Å². The summed E-state index contributed by atoms with van der Waals surface area (Å²) in [6.07, 6.45) is 0. The summed E-state index contributed by atoms with van der Waals surface area (Å²) >= 11 is 0. The lowest BCUT2D eigenvalue weighted by atomic mass is 9.87. The molecule has 0 aliphatic rings. The third kappa shape index (κ3) is 3.94. The molecule has 0 nitrogen and oxygen atoms in total. The molecule has 0 aromatic heterocycles. The summed E-state index contributed by atoms with van der Waals surface area (Å²) in [5.41, 5.74) is 4.97. The van der Waals surface area contributed by atoms with E-state index in [4.69, 9.17) is 0 Å². The summed E-state index contributed by atoms with van der Waals surface area (Å²) in [5, 5.41) is 20.6. The maximum Gasteiger partial charge on any atom is -0.00199 e. The van der Waals surface area contributed by atoms with Crippen molar-refractivity contribution >= 4 is 86.2 Å². The van der Waals surface area contributed by atoms with Crippen molar-refractivity contribution in [2.24, 2.45) is 0 Å². The Bertz CT molecular complexity index is 3200. The monoisotopic (exact) mass is 630 g/mol. The average Bonchev–Trinajstić information content (AvgIpc) is 3.18. The minimum absolute atomic E-state index is 1.22. The second-order valence-corrected chi connectivity index (χ2v) is 13.6. The Hall–Kier alpha value is -6.50. The van der Waals surface area contributed by atoms with E-state index in [1.54, 1.807) is 0 Å². The molecule has 0 unspecified atom stereocenters. The zero-order valence-corrected chi connectivity index (χ0v) is 27.3. The van der Waals surface area contributed by atoms with Crippen molar-refractivity contribution in [3.63, 3.8) is 0 Å². The molecule has 0 heteroatoms. The van der Waals surface area contributed by atoms with Crippen molar-refractivity contribution in [3.05, 3.63) is 182 Å². The molecule has 0 amide bonds. The fraction of sp³-hybridized carbons (Fsp3) is 0. The van der Waals surface area contributed by atoms with Gasteiger partial charge in [-0.05, 0) is 133 Å². The van der Waals surface area contributed by atoms with Gasteiger partial charge in [-0.25, -0.2) is 0 Å². The molecule has 0 atom stereocenters. The number of hydrogen-bond acceptors (Lipinski definition) is 0. The van der Waals surface area contributed by atoms with E-state index < -0.39 is 0 Å². The predicted octanol–water partition coefficient (Wildman–Crippen LogP) is 14.2. The predicted molar refractivity (Wildman–Crippen MR) is 217 cm³/mol. The Morgan fingerprint density at radius 3 is 1.54 bits per heavy atom. The van der Waals surface area contributed by atoms with Crippen molar-refractivity contribution in [2.75, 3.05) is 0 Å². The minimum Gasteiger partial charge on any atom is -0.0616 e. The third-order valence-corrected chi connectivity index (χ3v) is 10.9. The van der Waals surface area contributed by atoms with Gasteiger partial charge in [0.25, 0.3) is 0 Å². The average molecular weight is 631 g/mol. The first kappa shape index (κ1) is 27.5. The highest BCUT2D eigenvalue weighted by atomic mass is 14.2. The van der Waals surface area contributed by atoms with Crippen molar-refractivity contribution in [3.8, 4) is 22.3 Å².